The van der Waals surface area contributed by atoms with Crippen LogP contribution in [0.15, 0.2) is 4.99 Å². The molecule has 1 heterocycles. The van der Waals surface area contributed by atoms with Crippen LogP contribution in [0.5, 0.6) is 0 Å². The van der Waals surface area contributed by atoms with E-state index in [2.05, 4.69) is 24.2 Å². The van der Waals surface area contributed by atoms with Gasteiger partial charge in [0.15, 0.2) is 5.96 Å². The topological polar surface area (TPSA) is 80.0 Å². The van der Waals surface area contributed by atoms with E-state index in [1.54, 1.807) is 4.90 Å². The number of carbonyl (C=O) groups excluding carboxylic acids is 1. The van der Waals surface area contributed by atoms with Crippen LogP contribution in [0.25, 0.3) is 0 Å². The van der Waals surface area contributed by atoms with Gasteiger partial charge in [0.2, 0.25) is 0 Å². The fraction of sp³-hybridized carbons (Fsp3) is 0.889. The quantitative estimate of drug-likeness (QED) is 0.379. The zero-order valence-corrected chi connectivity index (χ0v) is 18.3. The highest BCUT2D eigenvalue weighted by Gasteiger charge is 2.27. The third-order valence-electron chi connectivity index (χ3n) is 5.35. The number of likely N-dealkylation sites (tertiary alicyclic amines) is 1. The summed E-state index contributed by atoms with van der Waals surface area (Å²) in [5, 5.41) is 3.32. The first-order valence-electron chi connectivity index (χ1n) is 9.38. The van der Waals surface area contributed by atoms with Crippen molar-refractivity contribution in [3.8, 4) is 0 Å². The highest BCUT2D eigenvalue weighted by atomic mass is 127. The van der Waals surface area contributed by atoms with E-state index < -0.39 is 0 Å². The number of piperidine rings is 1. The van der Waals surface area contributed by atoms with E-state index in [1.807, 2.05) is 6.92 Å². The van der Waals surface area contributed by atoms with Crippen LogP contribution in [0.3, 0.4) is 0 Å². The van der Waals surface area contributed by atoms with Crippen LogP contribution < -0.4 is 11.1 Å². The molecule has 1 amide bonds. The fourth-order valence-corrected chi connectivity index (χ4v) is 3.55. The Kier molecular flexibility index (Phi) is 9.30. The van der Waals surface area contributed by atoms with E-state index in [1.165, 1.54) is 25.7 Å². The van der Waals surface area contributed by atoms with Crippen molar-refractivity contribution in [3.63, 3.8) is 0 Å². The number of guanidine groups is 1. The molecular weight excluding hydrogens is 431 g/mol. The molecule has 7 heteroatoms. The molecule has 0 aromatic heterocycles. The second-order valence-electron chi connectivity index (χ2n) is 7.94. The van der Waals surface area contributed by atoms with Gasteiger partial charge in [0.25, 0.3) is 0 Å². The number of nitrogens with zero attached hydrogens (tertiary/aromatic N) is 2. The van der Waals surface area contributed by atoms with Gasteiger partial charge in [0.1, 0.15) is 0 Å². The zero-order chi connectivity index (χ0) is 17.6. The van der Waals surface area contributed by atoms with Gasteiger partial charge in [0, 0.05) is 25.7 Å². The normalized spacial score (nSPS) is 22.2. The van der Waals surface area contributed by atoms with E-state index in [0.29, 0.717) is 43.0 Å². The minimum Gasteiger partial charge on any atom is -0.450 e. The van der Waals surface area contributed by atoms with Crippen LogP contribution >= 0.6 is 24.0 Å². The number of rotatable bonds is 4. The van der Waals surface area contributed by atoms with Crippen molar-refractivity contribution >= 4 is 36.0 Å². The summed E-state index contributed by atoms with van der Waals surface area (Å²) in [4.78, 5) is 18.0. The lowest BCUT2D eigenvalue weighted by atomic mass is 9.73. The molecule has 0 aromatic carbocycles. The van der Waals surface area contributed by atoms with Gasteiger partial charge in [-0.1, -0.05) is 13.8 Å². The zero-order valence-electron chi connectivity index (χ0n) is 15.9. The molecule has 0 atom stereocenters. The number of nitrogens with one attached hydrogen (secondary N) is 1. The summed E-state index contributed by atoms with van der Waals surface area (Å²) in [7, 11) is 0. The average Bonchev–Trinajstić information content (AvgIpc) is 2.55. The summed E-state index contributed by atoms with van der Waals surface area (Å²) in [5.74, 6) is 1.22. The number of halogens is 1. The Labute approximate surface area is 169 Å². The lowest BCUT2D eigenvalue weighted by molar-refractivity contribution is 0.0963. The summed E-state index contributed by atoms with van der Waals surface area (Å²) in [6.07, 6.45) is 6.63. The molecule has 146 valence electrons. The summed E-state index contributed by atoms with van der Waals surface area (Å²) >= 11 is 0. The molecule has 0 bridgehead atoms. The van der Waals surface area contributed by atoms with Crippen molar-refractivity contribution in [2.75, 3.05) is 26.2 Å². The Balaban J connectivity index is 0.00000312. The van der Waals surface area contributed by atoms with Crippen molar-refractivity contribution in [2.45, 2.75) is 65.3 Å². The number of aliphatic imine (C=N–C) groups is 1. The van der Waals surface area contributed by atoms with Crippen LogP contribution in [0, 0.1) is 11.3 Å². The second kappa shape index (κ2) is 10.4. The Hall–Kier alpha value is -0.730. The number of amides is 1. The molecule has 1 saturated carbocycles. The first-order valence-corrected chi connectivity index (χ1v) is 9.38. The highest BCUT2D eigenvalue weighted by molar-refractivity contribution is 14.0. The van der Waals surface area contributed by atoms with Gasteiger partial charge in [-0.25, -0.2) is 4.79 Å². The number of hydrogen-bond donors (Lipinski definition) is 2. The van der Waals surface area contributed by atoms with E-state index >= 15 is 0 Å². The van der Waals surface area contributed by atoms with Crippen molar-refractivity contribution < 1.29 is 9.53 Å². The fourth-order valence-electron chi connectivity index (χ4n) is 3.55. The maximum atomic E-state index is 11.7. The van der Waals surface area contributed by atoms with Gasteiger partial charge in [-0.2, -0.15) is 0 Å². The molecule has 0 radical (unpaired) electrons. The van der Waals surface area contributed by atoms with Gasteiger partial charge in [-0.05, 0) is 56.8 Å². The predicted octanol–water partition coefficient (Wildman–Crippen LogP) is 3.35. The first kappa shape index (κ1) is 22.3. The maximum Gasteiger partial charge on any atom is 0.409 e. The van der Waals surface area contributed by atoms with E-state index in [9.17, 15) is 4.79 Å². The standard InChI is InChI=1S/C18H34N4O2.HI/c1-4-24-17(23)22-11-7-15(8-12-22)21-16(19)20-13-14-5-9-18(2,3)10-6-14;/h14-15H,4-13H2,1-3H3,(H3,19,20,21);1H. The molecule has 2 aliphatic rings. The third-order valence-corrected chi connectivity index (χ3v) is 5.35. The molecule has 1 aliphatic heterocycles. The Morgan fingerprint density at radius 1 is 1.24 bits per heavy atom. The lowest BCUT2D eigenvalue weighted by Gasteiger charge is -2.34. The number of ether oxygens (including phenoxy) is 1. The SMILES string of the molecule is CCOC(=O)N1CCC(NC(N)=NCC2CCC(C)(C)CC2)CC1.I. The Morgan fingerprint density at radius 3 is 2.40 bits per heavy atom. The summed E-state index contributed by atoms with van der Waals surface area (Å²) in [6, 6.07) is 0.296. The molecule has 0 unspecified atom stereocenters. The van der Waals surface area contributed by atoms with E-state index in [0.717, 1.165) is 19.4 Å². The van der Waals surface area contributed by atoms with Crippen LogP contribution in [0.4, 0.5) is 4.79 Å². The van der Waals surface area contributed by atoms with Crippen LogP contribution in [0.1, 0.15) is 59.3 Å². The molecule has 1 saturated heterocycles. The molecule has 25 heavy (non-hydrogen) atoms. The minimum atomic E-state index is -0.210. The second-order valence-corrected chi connectivity index (χ2v) is 7.94. The third kappa shape index (κ3) is 7.58. The van der Waals surface area contributed by atoms with Gasteiger partial charge < -0.3 is 20.7 Å². The van der Waals surface area contributed by atoms with Crippen molar-refractivity contribution in [1.29, 1.82) is 0 Å². The molecule has 2 fully saturated rings. The molecule has 0 aromatic rings. The van der Waals surface area contributed by atoms with E-state index in [4.69, 9.17) is 10.5 Å². The molecule has 0 spiro atoms. The first-order chi connectivity index (χ1) is 11.4. The van der Waals surface area contributed by atoms with Crippen molar-refractivity contribution in [1.82, 2.24) is 10.2 Å². The highest BCUT2D eigenvalue weighted by Crippen LogP contribution is 2.37. The van der Waals surface area contributed by atoms with Gasteiger partial charge in [-0.3, -0.25) is 4.99 Å². The predicted molar refractivity (Wildman–Crippen MR) is 112 cm³/mol. The van der Waals surface area contributed by atoms with Gasteiger partial charge in [0.05, 0.1) is 6.61 Å². The summed E-state index contributed by atoms with van der Waals surface area (Å²) in [6.45, 7) is 9.21. The van der Waals surface area contributed by atoms with Crippen LogP contribution in [-0.2, 0) is 4.74 Å². The van der Waals surface area contributed by atoms with Crippen molar-refractivity contribution in [3.05, 3.63) is 0 Å². The van der Waals surface area contributed by atoms with Gasteiger partial charge in [-0.15, -0.1) is 24.0 Å². The Bertz CT molecular complexity index is 438. The summed E-state index contributed by atoms with van der Waals surface area (Å²) < 4.78 is 5.04. The molecular formula is C18H35IN4O2. The Morgan fingerprint density at radius 2 is 1.84 bits per heavy atom. The average molecular weight is 466 g/mol. The molecule has 2 rings (SSSR count). The maximum absolute atomic E-state index is 11.7. The summed E-state index contributed by atoms with van der Waals surface area (Å²) in [5.41, 5.74) is 6.55. The van der Waals surface area contributed by atoms with Gasteiger partial charge >= 0.3 is 6.09 Å². The minimum absolute atomic E-state index is 0. The molecule has 3 N–H and O–H groups in total. The van der Waals surface area contributed by atoms with Crippen molar-refractivity contribution in [2.24, 2.45) is 22.1 Å². The van der Waals surface area contributed by atoms with E-state index in [-0.39, 0.29) is 30.1 Å². The largest absolute Gasteiger partial charge is 0.450 e. The van der Waals surface area contributed by atoms with Crippen LogP contribution in [0.2, 0.25) is 0 Å². The molecule has 1 aliphatic carbocycles. The smallest absolute Gasteiger partial charge is 0.409 e. The molecule has 6 nitrogen and oxygen atoms in total. The number of hydrogen-bond acceptors (Lipinski definition) is 3. The lowest BCUT2D eigenvalue weighted by Crippen LogP contribution is -2.48. The number of nitrogens with two attached hydrogens (primary N) is 1. The van der Waals surface area contributed by atoms with Crippen LogP contribution in [-0.4, -0.2) is 49.2 Å². The number of carbonyl (C=O) groups is 1. The monoisotopic (exact) mass is 466 g/mol.